The van der Waals surface area contributed by atoms with E-state index in [4.69, 9.17) is 5.73 Å². The molecule has 0 bridgehead atoms. The molecular formula is C6H10FN3. The monoisotopic (exact) mass is 143 g/mol. The minimum atomic E-state index is -0.483. The van der Waals surface area contributed by atoms with E-state index in [-0.39, 0.29) is 0 Å². The highest BCUT2D eigenvalue weighted by molar-refractivity contribution is 5.08. The van der Waals surface area contributed by atoms with E-state index in [1.165, 1.54) is 4.68 Å². The SMILES string of the molecule is Cn1nc(CN)cc1CF. The summed E-state index contributed by atoms with van der Waals surface area (Å²) in [5.74, 6) is 0. The van der Waals surface area contributed by atoms with Gasteiger partial charge in [0, 0.05) is 13.6 Å². The van der Waals surface area contributed by atoms with Crippen molar-refractivity contribution in [3.05, 3.63) is 17.5 Å². The molecule has 0 saturated carbocycles. The third-order valence-corrected chi connectivity index (χ3v) is 1.37. The topological polar surface area (TPSA) is 43.8 Å². The largest absolute Gasteiger partial charge is 0.325 e. The summed E-state index contributed by atoms with van der Waals surface area (Å²) in [6.45, 7) is -0.114. The van der Waals surface area contributed by atoms with Crippen LogP contribution in [0.25, 0.3) is 0 Å². The molecule has 3 nitrogen and oxygen atoms in total. The van der Waals surface area contributed by atoms with E-state index in [1.54, 1.807) is 13.1 Å². The van der Waals surface area contributed by atoms with Crippen molar-refractivity contribution in [2.24, 2.45) is 12.8 Å². The molecule has 0 radical (unpaired) electrons. The highest BCUT2D eigenvalue weighted by atomic mass is 19.1. The highest BCUT2D eigenvalue weighted by Gasteiger charge is 2.01. The molecule has 0 amide bonds. The van der Waals surface area contributed by atoms with Crippen LogP contribution in [0.15, 0.2) is 6.07 Å². The van der Waals surface area contributed by atoms with Crippen LogP contribution in [0, 0.1) is 0 Å². The number of rotatable bonds is 2. The lowest BCUT2D eigenvalue weighted by Gasteiger charge is -1.91. The van der Waals surface area contributed by atoms with Crippen molar-refractivity contribution in [1.29, 1.82) is 0 Å². The smallest absolute Gasteiger partial charge is 0.131 e. The summed E-state index contributed by atoms with van der Waals surface area (Å²) in [5, 5.41) is 3.95. The van der Waals surface area contributed by atoms with Gasteiger partial charge in [-0.15, -0.1) is 0 Å². The van der Waals surface area contributed by atoms with Gasteiger partial charge in [0.25, 0.3) is 0 Å². The second-order valence-electron chi connectivity index (χ2n) is 2.09. The van der Waals surface area contributed by atoms with E-state index in [0.29, 0.717) is 12.2 Å². The molecule has 0 aliphatic heterocycles. The Morgan fingerprint density at radius 3 is 2.80 bits per heavy atom. The standard InChI is InChI=1S/C6H10FN3/c1-10-6(3-7)2-5(4-8)9-10/h2H,3-4,8H2,1H3. The van der Waals surface area contributed by atoms with Crippen molar-refractivity contribution >= 4 is 0 Å². The number of aryl methyl sites for hydroxylation is 1. The van der Waals surface area contributed by atoms with Crippen molar-refractivity contribution in [3.8, 4) is 0 Å². The first-order valence-electron chi connectivity index (χ1n) is 3.05. The van der Waals surface area contributed by atoms with Gasteiger partial charge in [0.2, 0.25) is 0 Å². The highest BCUT2D eigenvalue weighted by Crippen LogP contribution is 2.02. The molecule has 2 N–H and O–H groups in total. The molecule has 0 aromatic carbocycles. The molecule has 1 heterocycles. The molecule has 1 aromatic rings. The molecule has 0 aliphatic carbocycles. The zero-order chi connectivity index (χ0) is 7.56. The predicted molar refractivity (Wildman–Crippen MR) is 35.9 cm³/mol. The number of halogens is 1. The summed E-state index contributed by atoms with van der Waals surface area (Å²) in [6, 6.07) is 1.67. The average Bonchev–Trinajstić information content (AvgIpc) is 2.30. The Morgan fingerprint density at radius 2 is 2.50 bits per heavy atom. The molecule has 0 unspecified atom stereocenters. The van der Waals surface area contributed by atoms with E-state index in [2.05, 4.69) is 5.10 Å². The Labute approximate surface area is 58.6 Å². The first kappa shape index (κ1) is 7.21. The van der Waals surface area contributed by atoms with E-state index >= 15 is 0 Å². The zero-order valence-corrected chi connectivity index (χ0v) is 5.84. The van der Waals surface area contributed by atoms with Crippen LogP contribution in [0.3, 0.4) is 0 Å². The second kappa shape index (κ2) is 2.79. The zero-order valence-electron chi connectivity index (χ0n) is 5.84. The fourth-order valence-electron chi connectivity index (χ4n) is 0.796. The van der Waals surface area contributed by atoms with Gasteiger partial charge in [0.05, 0.1) is 11.4 Å². The number of nitrogens with two attached hydrogens (primary N) is 1. The maximum Gasteiger partial charge on any atom is 0.131 e. The van der Waals surface area contributed by atoms with Crippen molar-refractivity contribution in [1.82, 2.24) is 9.78 Å². The summed E-state index contributed by atoms with van der Waals surface area (Å²) < 4.78 is 13.5. The van der Waals surface area contributed by atoms with Gasteiger partial charge in [0.1, 0.15) is 6.67 Å². The molecule has 10 heavy (non-hydrogen) atoms. The summed E-state index contributed by atoms with van der Waals surface area (Å²) in [7, 11) is 1.70. The summed E-state index contributed by atoms with van der Waals surface area (Å²) in [5.41, 5.74) is 6.59. The van der Waals surface area contributed by atoms with Crippen molar-refractivity contribution in [3.63, 3.8) is 0 Å². The molecular weight excluding hydrogens is 133 g/mol. The maximum absolute atomic E-state index is 12.0. The number of alkyl halides is 1. The Kier molecular flexibility index (Phi) is 2.01. The predicted octanol–water partition coefficient (Wildman–Crippen LogP) is 0.348. The van der Waals surface area contributed by atoms with Gasteiger partial charge in [-0.2, -0.15) is 5.10 Å². The third kappa shape index (κ3) is 1.16. The van der Waals surface area contributed by atoms with Crippen LogP contribution in [-0.4, -0.2) is 9.78 Å². The lowest BCUT2D eigenvalue weighted by atomic mass is 10.4. The van der Waals surface area contributed by atoms with Gasteiger partial charge in [-0.3, -0.25) is 4.68 Å². The van der Waals surface area contributed by atoms with E-state index in [1.807, 2.05) is 0 Å². The molecule has 0 atom stereocenters. The van der Waals surface area contributed by atoms with Crippen LogP contribution in [0.5, 0.6) is 0 Å². The summed E-state index contributed by atoms with van der Waals surface area (Å²) >= 11 is 0. The molecule has 0 fully saturated rings. The third-order valence-electron chi connectivity index (χ3n) is 1.37. The number of nitrogens with zero attached hydrogens (tertiary/aromatic N) is 2. The molecule has 0 spiro atoms. The van der Waals surface area contributed by atoms with E-state index < -0.39 is 6.67 Å². The van der Waals surface area contributed by atoms with Crippen LogP contribution in [0.2, 0.25) is 0 Å². The van der Waals surface area contributed by atoms with Gasteiger partial charge in [0.15, 0.2) is 0 Å². The molecule has 0 aliphatic rings. The molecule has 4 heteroatoms. The van der Waals surface area contributed by atoms with Gasteiger partial charge in [-0.25, -0.2) is 4.39 Å². The van der Waals surface area contributed by atoms with E-state index in [0.717, 1.165) is 5.69 Å². The fraction of sp³-hybridized carbons (Fsp3) is 0.500. The Hall–Kier alpha value is -0.900. The number of hydrogen-bond acceptors (Lipinski definition) is 2. The Morgan fingerprint density at radius 1 is 1.80 bits per heavy atom. The van der Waals surface area contributed by atoms with Crippen molar-refractivity contribution in [2.45, 2.75) is 13.2 Å². The van der Waals surface area contributed by atoms with Crippen LogP contribution in [-0.2, 0) is 20.3 Å². The minimum absolute atomic E-state index is 0.369. The average molecular weight is 143 g/mol. The lowest BCUT2D eigenvalue weighted by molar-refractivity contribution is 0.458. The number of aromatic nitrogens is 2. The Bertz CT molecular complexity index is 219. The summed E-state index contributed by atoms with van der Waals surface area (Å²) in [4.78, 5) is 0. The van der Waals surface area contributed by atoms with Crippen LogP contribution < -0.4 is 5.73 Å². The second-order valence-corrected chi connectivity index (χ2v) is 2.09. The van der Waals surface area contributed by atoms with Gasteiger partial charge in [-0.1, -0.05) is 0 Å². The van der Waals surface area contributed by atoms with Crippen LogP contribution in [0.4, 0.5) is 4.39 Å². The van der Waals surface area contributed by atoms with Crippen molar-refractivity contribution < 1.29 is 4.39 Å². The summed E-state index contributed by atoms with van der Waals surface area (Å²) in [6.07, 6.45) is 0. The first-order chi connectivity index (χ1) is 4.77. The quantitative estimate of drug-likeness (QED) is 0.649. The minimum Gasteiger partial charge on any atom is -0.325 e. The molecule has 56 valence electrons. The van der Waals surface area contributed by atoms with E-state index in [9.17, 15) is 4.39 Å². The normalized spacial score (nSPS) is 10.3. The molecule has 1 aromatic heterocycles. The molecule has 1 rings (SSSR count). The Balaban J connectivity index is 2.92. The van der Waals surface area contributed by atoms with Crippen molar-refractivity contribution in [2.75, 3.05) is 0 Å². The lowest BCUT2D eigenvalue weighted by Crippen LogP contribution is -1.99. The van der Waals surface area contributed by atoms with Crippen LogP contribution in [0.1, 0.15) is 11.4 Å². The van der Waals surface area contributed by atoms with Gasteiger partial charge in [-0.05, 0) is 6.07 Å². The fourth-order valence-corrected chi connectivity index (χ4v) is 0.796. The number of hydrogen-bond donors (Lipinski definition) is 1. The van der Waals surface area contributed by atoms with Gasteiger partial charge >= 0.3 is 0 Å². The molecule has 0 saturated heterocycles. The first-order valence-corrected chi connectivity index (χ1v) is 3.05. The maximum atomic E-state index is 12.0. The van der Waals surface area contributed by atoms with Crippen LogP contribution >= 0.6 is 0 Å². The van der Waals surface area contributed by atoms with Gasteiger partial charge < -0.3 is 5.73 Å².